The molecule has 0 saturated heterocycles. The molecular weight excluding hydrogens is 1070 g/mol. The summed E-state index contributed by atoms with van der Waals surface area (Å²) < 4.78 is 21.9. The quantitative estimate of drug-likeness (QED) is 0.146. The van der Waals surface area contributed by atoms with E-state index < -0.39 is 0 Å². The van der Waals surface area contributed by atoms with Crippen LogP contribution in [0.5, 0.6) is 34.5 Å². The molecule has 0 N–H and O–H groups in total. The van der Waals surface area contributed by atoms with Crippen molar-refractivity contribution >= 4 is 73.0 Å². The van der Waals surface area contributed by atoms with Gasteiger partial charge in [-0.15, -0.1) is 41.4 Å². The summed E-state index contributed by atoms with van der Waals surface area (Å²) in [5.41, 5.74) is 13.6. The third kappa shape index (κ3) is 6.91. The van der Waals surface area contributed by atoms with Gasteiger partial charge in [0.15, 0.2) is 23.0 Å². The monoisotopic (exact) mass is 1110 g/mol. The van der Waals surface area contributed by atoms with Crippen LogP contribution in [0.3, 0.4) is 0 Å². The number of hydrogen-bond donors (Lipinski definition) is 0. The summed E-state index contributed by atoms with van der Waals surface area (Å²) in [5, 5.41) is 2.14. The second-order valence-electron chi connectivity index (χ2n) is 17.8. The number of anilines is 9. The molecule has 0 atom stereocenters. The molecule has 350 valence electrons. The van der Waals surface area contributed by atoms with Crippen LogP contribution in [0.1, 0.15) is 5.56 Å². The molecule has 14 rings (SSSR count). The number of aromatic nitrogens is 2. The van der Waals surface area contributed by atoms with E-state index in [0.717, 1.165) is 118 Å². The van der Waals surface area contributed by atoms with Crippen LogP contribution < -0.4 is 33.8 Å². The van der Waals surface area contributed by atoms with E-state index in [1.807, 2.05) is 79.0 Å². The topological polar surface area (TPSA) is 58.5 Å². The van der Waals surface area contributed by atoms with E-state index in [1.54, 1.807) is 0 Å². The van der Waals surface area contributed by atoms with Crippen LogP contribution in [0.15, 0.2) is 206 Å². The first kappa shape index (κ1) is 43.3. The van der Waals surface area contributed by atoms with E-state index >= 15 is 0 Å². The van der Waals surface area contributed by atoms with Gasteiger partial charge in [0.05, 0.1) is 34.1 Å². The molecule has 2 aromatic heterocycles. The Hall–Kier alpha value is -8.78. The summed E-state index contributed by atoms with van der Waals surface area (Å²) in [6.07, 6.45) is 2.02. The Morgan fingerprint density at radius 2 is 1.01 bits per heavy atom. The Bertz CT molecular complexity index is 3740. The van der Waals surface area contributed by atoms with Crippen LogP contribution in [0.2, 0.25) is 0 Å². The van der Waals surface area contributed by atoms with E-state index in [4.69, 9.17) is 19.2 Å². The molecule has 3 aliphatic heterocycles. The number of nitrogens with zero attached hydrogens (tertiary/aromatic N) is 6. The molecule has 0 unspecified atom stereocenters. The maximum absolute atomic E-state index is 6.60. The van der Waals surface area contributed by atoms with Gasteiger partial charge in [0, 0.05) is 66.8 Å². The summed E-state index contributed by atoms with van der Waals surface area (Å²) in [4.78, 5) is 14.3. The minimum Gasteiger partial charge on any atom is -0.509 e. The van der Waals surface area contributed by atoms with Gasteiger partial charge in [0.1, 0.15) is 5.82 Å². The molecule has 0 fully saturated rings. The third-order valence-corrected chi connectivity index (χ3v) is 13.6. The second kappa shape index (κ2) is 17.3. The first-order chi connectivity index (χ1) is 35.0. The Kier molecular flexibility index (Phi) is 10.4. The van der Waals surface area contributed by atoms with Crippen molar-refractivity contribution < 1.29 is 35.3 Å². The van der Waals surface area contributed by atoms with Gasteiger partial charge in [-0.05, 0) is 110 Å². The van der Waals surface area contributed by atoms with E-state index in [-0.39, 0.29) is 21.1 Å². The second-order valence-corrected chi connectivity index (χ2v) is 17.8. The summed E-state index contributed by atoms with van der Waals surface area (Å²) in [6, 6.07) is 75.6. The molecule has 10 heteroatoms. The minimum absolute atomic E-state index is 0. The molecule has 11 aromatic rings. The molecule has 72 heavy (non-hydrogen) atoms. The fraction of sp³-hybridized carbons (Fsp3) is 0.0323. The Balaban J connectivity index is 0.00000504. The number of rotatable bonds is 7. The molecule has 0 bridgehead atoms. The summed E-state index contributed by atoms with van der Waals surface area (Å²) in [7, 11) is 2.05. The smallest absolute Gasteiger partial charge is 0.151 e. The molecule has 5 heterocycles. The maximum Gasteiger partial charge on any atom is 0.151 e. The Morgan fingerprint density at radius 1 is 0.500 bits per heavy atom. The van der Waals surface area contributed by atoms with Crippen molar-refractivity contribution in [1.82, 2.24) is 9.55 Å². The van der Waals surface area contributed by atoms with Crippen LogP contribution in [0.25, 0.3) is 38.8 Å². The fourth-order valence-electron chi connectivity index (χ4n) is 10.4. The molecule has 0 radical (unpaired) electrons. The minimum atomic E-state index is 0. The van der Waals surface area contributed by atoms with E-state index in [0.29, 0.717) is 11.5 Å². The number of ether oxygens (including phenoxy) is 3. The van der Waals surface area contributed by atoms with Crippen LogP contribution in [0, 0.1) is 25.7 Å². The van der Waals surface area contributed by atoms with Crippen molar-refractivity contribution in [2.75, 3.05) is 26.6 Å². The normalized spacial score (nSPS) is 13.1. The molecule has 0 spiro atoms. The fourth-order valence-corrected chi connectivity index (χ4v) is 10.4. The van der Waals surface area contributed by atoms with Crippen molar-refractivity contribution in [2.45, 2.75) is 6.92 Å². The molecule has 0 aliphatic carbocycles. The number of fused-ring (bicyclic) bond motifs is 8. The molecular formula is C62H41N6O3Pt-3. The van der Waals surface area contributed by atoms with Crippen molar-refractivity contribution in [3.8, 4) is 51.4 Å². The molecule has 3 aliphatic rings. The van der Waals surface area contributed by atoms with Crippen molar-refractivity contribution in [3.63, 3.8) is 0 Å². The first-order valence-corrected chi connectivity index (χ1v) is 23.6. The molecule has 9 aromatic carbocycles. The van der Waals surface area contributed by atoms with Gasteiger partial charge >= 0.3 is 0 Å². The Labute approximate surface area is 431 Å². The SMILES string of the molecule is Cc1cc(-n2c3[c-]c(Oc4[c-]c(N5[CH-]N(C)c6ccccc65)ccc4)ccc3c3ccccc32)ncc1-c1c(N2c3ccccc3Oc3ccccc32)cccc1N1c2ccccc2Oc2ccccc21.[Pt]. The van der Waals surface area contributed by atoms with Gasteiger partial charge in [-0.25, -0.2) is 4.98 Å². The zero-order valence-electron chi connectivity index (χ0n) is 38.9. The van der Waals surface area contributed by atoms with Gasteiger partial charge in [0.2, 0.25) is 0 Å². The number of pyridine rings is 1. The zero-order chi connectivity index (χ0) is 47.2. The van der Waals surface area contributed by atoms with Gasteiger partial charge in [-0.3, -0.25) is 0 Å². The summed E-state index contributed by atoms with van der Waals surface area (Å²) in [5.74, 6) is 5.01. The summed E-state index contributed by atoms with van der Waals surface area (Å²) >= 11 is 0. The van der Waals surface area contributed by atoms with E-state index in [9.17, 15) is 0 Å². The average molecular weight is 1110 g/mol. The molecule has 0 amide bonds. The van der Waals surface area contributed by atoms with E-state index in [1.165, 1.54) is 0 Å². The number of para-hydroxylation sites is 11. The maximum atomic E-state index is 6.60. The predicted octanol–water partition coefficient (Wildman–Crippen LogP) is 16.4. The largest absolute Gasteiger partial charge is 0.509 e. The predicted molar refractivity (Wildman–Crippen MR) is 284 cm³/mol. The van der Waals surface area contributed by atoms with Crippen LogP contribution >= 0.6 is 0 Å². The van der Waals surface area contributed by atoms with Crippen LogP contribution in [0.4, 0.5) is 51.2 Å². The van der Waals surface area contributed by atoms with Crippen molar-refractivity contribution in [1.29, 1.82) is 0 Å². The average Bonchev–Trinajstić information content (AvgIpc) is 3.93. The standard InChI is InChI=1S/C62H41N6O3.Pt/c1-40-35-61(68-47-20-4-3-19-44(47)45-34-33-43(37-56(45)68)69-42-18-15-17-41(36-42)65-39-64(2)48-21-5-6-22-49(48)65)63-38-46(40)62-54(66-50-23-7-11-29-57(50)70-58-30-12-8-24-51(58)66)27-16-28-55(62)67-52-25-9-13-31-59(52)71-60-32-14-10-26-53(60)67;/h3-35,38-39H,1-2H3;/q-3;. The number of hydrogen-bond acceptors (Lipinski definition) is 8. The van der Waals surface area contributed by atoms with Gasteiger partial charge in [-0.2, -0.15) is 18.8 Å². The van der Waals surface area contributed by atoms with Gasteiger partial charge in [-0.1, -0.05) is 90.4 Å². The van der Waals surface area contributed by atoms with Crippen LogP contribution in [-0.4, -0.2) is 16.6 Å². The first-order valence-electron chi connectivity index (χ1n) is 23.6. The van der Waals surface area contributed by atoms with Crippen molar-refractivity contribution in [2.24, 2.45) is 0 Å². The van der Waals surface area contributed by atoms with Crippen LogP contribution in [-0.2, 0) is 21.1 Å². The third-order valence-electron chi connectivity index (χ3n) is 13.6. The van der Waals surface area contributed by atoms with Gasteiger partial charge < -0.3 is 38.4 Å². The molecule has 9 nitrogen and oxygen atoms in total. The van der Waals surface area contributed by atoms with Gasteiger partial charge in [0.25, 0.3) is 0 Å². The Morgan fingerprint density at radius 3 is 1.62 bits per heavy atom. The number of benzene rings is 9. The van der Waals surface area contributed by atoms with E-state index in [2.05, 4.69) is 184 Å². The van der Waals surface area contributed by atoms with Crippen molar-refractivity contribution in [3.05, 3.63) is 231 Å². The zero-order valence-corrected chi connectivity index (χ0v) is 41.2. The number of aryl methyl sites for hydroxylation is 1. The summed E-state index contributed by atoms with van der Waals surface area (Å²) in [6.45, 7) is 4.24. The molecule has 0 saturated carbocycles.